The molecule has 0 atom stereocenters. The number of hydrogen-bond donors (Lipinski definition) is 2. The molecule has 1 amide bonds. The number of methoxy groups -OCH3 is 1. The van der Waals surface area contributed by atoms with E-state index in [1.165, 1.54) is 0 Å². The van der Waals surface area contributed by atoms with E-state index >= 15 is 0 Å². The van der Waals surface area contributed by atoms with Gasteiger partial charge in [-0.1, -0.05) is 18.2 Å². The van der Waals surface area contributed by atoms with E-state index in [0.717, 1.165) is 16.9 Å². The number of anilines is 1. The third kappa shape index (κ3) is 2.98. The van der Waals surface area contributed by atoms with Gasteiger partial charge in [-0.2, -0.15) is 0 Å². The van der Waals surface area contributed by atoms with Gasteiger partial charge in [-0.25, -0.2) is 4.98 Å². The highest BCUT2D eigenvalue weighted by atomic mass is 16.5. The van der Waals surface area contributed by atoms with Crippen molar-refractivity contribution in [1.82, 2.24) is 9.97 Å². The molecule has 0 unspecified atom stereocenters. The fourth-order valence-electron chi connectivity index (χ4n) is 2.11. The molecule has 0 aliphatic carbocycles. The molecule has 3 aromatic rings. The van der Waals surface area contributed by atoms with Gasteiger partial charge in [-0.05, 0) is 35.9 Å². The first-order valence-corrected chi connectivity index (χ1v) is 6.80. The zero-order valence-electron chi connectivity index (χ0n) is 12.0. The predicted octanol–water partition coefficient (Wildman–Crippen LogP) is 3.34. The summed E-state index contributed by atoms with van der Waals surface area (Å²) >= 11 is 0. The molecule has 0 aliphatic heterocycles. The minimum absolute atomic E-state index is 0.173. The van der Waals surface area contributed by atoms with Gasteiger partial charge in [0.15, 0.2) is 0 Å². The summed E-state index contributed by atoms with van der Waals surface area (Å²) in [5.74, 6) is 0.482. The van der Waals surface area contributed by atoms with Gasteiger partial charge >= 0.3 is 0 Å². The van der Waals surface area contributed by atoms with Crippen LogP contribution in [0.4, 0.5) is 5.69 Å². The second kappa shape index (κ2) is 6.13. The fraction of sp³-hybridized carbons (Fsp3) is 0.0588. The molecule has 0 aliphatic rings. The lowest BCUT2D eigenvalue weighted by atomic mass is 10.1. The Morgan fingerprint density at radius 2 is 2.00 bits per heavy atom. The van der Waals surface area contributed by atoms with Crippen molar-refractivity contribution < 1.29 is 9.53 Å². The van der Waals surface area contributed by atoms with E-state index in [4.69, 9.17) is 4.74 Å². The van der Waals surface area contributed by atoms with Crippen LogP contribution in [-0.2, 0) is 0 Å². The molecule has 1 heterocycles. The molecule has 2 aromatic carbocycles. The van der Waals surface area contributed by atoms with Crippen LogP contribution in [0.2, 0.25) is 0 Å². The van der Waals surface area contributed by atoms with Crippen molar-refractivity contribution in [3.63, 3.8) is 0 Å². The number of aromatic nitrogens is 2. The molecule has 0 radical (unpaired) electrons. The SMILES string of the molecule is COc1cccc(C(=O)Nc2ccc(-c3cnc[nH]3)cc2)c1. The third-order valence-corrected chi connectivity index (χ3v) is 3.28. The van der Waals surface area contributed by atoms with Gasteiger partial charge in [0.1, 0.15) is 5.75 Å². The molecule has 0 fully saturated rings. The van der Waals surface area contributed by atoms with Gasteiger partial charge in [0.2, 0.25) is 0 Å². The molecule has 5 heteroatoms. The number of aromatic amines is 1. The van der Waals surface area contributed by atoms with Crippen LogP contribution in [0.25, 0.3) is 11.3 Å². The number of nitrogens with zero attached hydrogens (tertiary/aromatic N) is 1. The number of hydrogen-bond acceptors (Lipinski definition) is 3. The smallest absolute Gasteiger partial charge is 0.255 e. The second-order valence-electron chi connectivity index (χ2n) is 4.73. The summed E-state index contributed by atoms with van der Waals surface area (Å²) in [4.78, 5) is 19.2. The number of imidazole rings is 1. The Balaban J connectivity index is 1.74. The van der Waals surface area contributed by atoms with E-state index in [0.29, 0.717) is 11.3 Å². The van der Waals surface area contributed by atoms with Crippen LogP contribution in [0.3, 0.4) is 0 Å². The zero-order valence-corrected chi connectivity index (χ0v) is 12.0. The van der Waals surface area contributed by atoms with Crippen molar-refractivity contribution in [1.29, 1.82) is 0 Å². The van der Waals surface area contributed by atoms with Gasteiger partial charge in [0, 0.05) is 11.3 Å². The summed E-state index contributed by atoms with van der Waals surface area (Å²) in [5.41, 5.74) is 3.23. The molecule has 3 rings (SSSR count). The predicted molar refractivity (Wildman–Crippen MR) is 85.0 cm³/mol. The second-order valence-corrected chi connectivity index (χ2v) is 4.73. The lowest BCUT2D eigenvalue weighted by Gasteiger charge is -2.07. The van der Waals surface area contributed by atoms with Crippen LogP contribution in [0.15, 0.2) is 61.1 Å². The summed E-state index contributed by atoms with van der Waals surface area (Å²) in [6.07, 6.45) is 3.39. The largest absolute Gasteiger partial charge is 0.497 e. The van der Waals surface area contributed by atoms with Crippen LogP contribution in [0, 0.1) is 0 Å². The van der Waals surface area contributed by atoms with E-state index < -0.39 is 0 Å². The van der Waals surface area contributed by atoms with Gasteiger partial charge in [0.25, 0.3) is 5.91 Å². The maximum absolute atomic E-state index is 12.2. The third-order valence-electron chi connectivity index (χ3n) is 3.28. The summed E-state index contributed by atoms with van der Waals surface area (Å²) in [6, 6.07) is 14.6. The summed E-state index contributed by atoms with van der Waals surface area (Å²) in [5, 5.41) is 2.86. The molecule has 1 aromatic heterocycles. The van der Waals surface area contributed by atoms with Gasteiger partial charge < -0.3 is 15.0 Å². The van der Waals surface area contributed by atoms with Crippen molar-refractivity contribution in [2.45, 2.75) is 0 Å². The van der Waals surface area contributed by atoms with Gasteiger partial charge in [-0.15, -0.1) is 0 Å². The van der Waals surface area contributed by atoms with Crippen molar-refractivity contribution in [3.05, 3.63) is 66.6 Å². The van der Waals surface area contributed by atoms with Crippen LogP contribution in [0.1, 0.15) is 10.4 Å². The van der Waals surface area contributed by atoms with Crippen LogP contribution < -0.4 is 10.1 Å². The standard InChI is InChI=1S/C17H15N3O2/c1-22-15-4-2-3-13(9-15)17(21)20-14-7-5-12(6-8-14)16-10-18-11-19-16/h2-11H,1H3,(H,18,19)(H,20,21). The molecule has 0 saturated carbocycles. The number of rotatable bonds is 4. The summed E-state index contributed by atoms with van der Waals surface area (Å²) in [6.45, 7) is 0. The Morgan fingerprint density at radius 3 is 2.68 bits per heavy atom. The van der Waals surface area contributed by atoms with E-state index in [1.807, 2.05) is 24.3 Å². The highest BCUT2D eigenvalue weighted by Crippen LogP contribution is 2.20. The lowest BCUT2D eigenvalue weighted by molar-refractivity contribution is 0.102. The number of carbonyl (C=O) groups excluding carboxylic acids is 1. The van der Waals surface area contributed by atoms with E-state index in [2.05, 4.69) is 15.3 Å². The van der Waals surface area contributed by atoms with E-state index in [9.17, 15) is 4.79 Å². The molecule has 0 saturated heterocycles. The summed E-state index contributed by atoms with van der Waals surface area (Å²) < 4.78 is 5.12. The first kappa shape index (κ1) is 13.9. The zero-order chi connectivity index (χ0) is 15.4. The van der Waals surface area contributed by atoms with Crippen molar-refractivity contribution in [2.24, 2.45) is 0 Å². The normalized spacial score (nSPS) is 10.2. The minimum Gasteiger partial charge on any atom is -0.497 e. The number of ether oxygens (including phenoxy) is 1. The minimum atomic E-state index is -0.173. The van der Waals surface area contributed by atoms with Crippen molar-refractivity contribution in [3.8, 4) is 17.0 Å². The van der Waals surface area contributed by atoms with Gasteiger partial charge in [-0.3, -0.25) is 4.79 Å². The Morgan fingerprint density at radius 1 is 1.18 bits per heavy atom. The Kier molecular flexibility index (Phi) is 3.87. The highest BCUT2D eigenvalue weighted by Gasteiger charge is 2.07. The Hall–Kier alpha value is -3.08. The molecule has 2 N–H and O–H groups in total. The Bertz CT molecular complexity index is 765. The lowest BCUT2D eigenvalue weighted by Crippen LogP contribution is -2.11. The van der Waals surface area contributed by atoms with Crippen molar-refractivity contribution in [2.75, 3.05) is 12.4 Å². The first-order chi connectivity index (χ1) is 10.8. The van der Waals surface area contributed by atoms with Gasteiger partial charge in [0.05, 0.1) is 25.3 Å². The average Bonchev–Trinajstić information content (AvgIpc) is 3.10. The Labute approximate surface area is 128 Å². The maximum atomic E-state index is 12.2. The first-order valence-electron chi connectivity index (χ1n) is 6.80. The maximum Gasteiger partial charge on any atom is 0.255 e. The molecular formula is C17H15N3O2. The molecule has 0 spiro atoms. The number of nitrogens with one attached hydrogen (secondary N) is 2. The topological polar surface area (TPSA) is 67.0 Å². The quantitative estimate of drug-likeness (QED) is 0.775. The van der Waals surface area contributed by atoms with Crippen LogP contribution >= 0.6 is 0 Å². The molecular weight excluding hydrogens is 278 g/mol. The number of carbonyl (C=O) groups is 1. The number of benzene rings is 2. The monoisotopic (exact) mass is 293 g/mol. The molecule has 22 heavy (non-hydrogen) atoms. The molecule has 5 nitrogen and oxygen atoms in total. The van der Waals surface area contributed by atoms with Crippen molar-refractivity contribution >= 4 is 11.6 Å². The average molecular weight is 293 g/mol. The fourth-order valence-corrected chi connectivity index (χ4v) is 2.11. The summed E-state index contributed by atoms with van der Waals surface area (Å²) in [7, 11) is 1.57. The van der Waals surface area contributed by atoms with Crippen LogP contribution in [-0.4, -0.2) is 23.0 Å². The van der Waals surface area contributed by atoms with E-state index in [1.54, 1.807) is 43.9 Å². The molecule has 110 valence electrons. The van der Waals surface area contributed by atoms with E-state index in [-0.39, 0.29) is 5.91 Å². The molecule has 0 bridgehead atoms. The van der Waals surface area contributed by atoms with Crippen LogP contribution in [0.5, 0.6) is 5.75 Å². The highest BCUT2D eigenvalue weighted by molar-refractivity contribution is 6.04. The number of H-pyrrole nitrogens is 1. The number of amides is 1.